The van der Waals surface area contributed by atoms with Crippen molar-refractivity contribution in [2.75, 3.05) is 27.9 Å². The second-order valence-corrected chi connectivity index (χ2v) is 5.56. The molecule has 1 aliphatic rings. The molecule has 0 bridgehead atoms. The fourth-order valence-corrected chi connectivity index (χ4v) is 2.48. The molecule has 20 heavy (non-hydrogen) atoms. The average molecular weight is 279 g/mol. The minimum atomic E-state index is 0.261. The van der Waals surface area contributed by atoms with Crippen molar-refractivity contribution in [3.8, 4) is 17.2 Å². The van der Waals surface area contributed by atoms with E-state index in [1.165, 1.54) is 6.42 Å². The maximum Gasteiger partial charge on any atom is 0.203 e. The van der Waals surface area contributed by atoms with Gasteiger partial charge in [0.2, 0.25) is 5.75 Å². The molecule has 1 aliphatic carbocycles. The van der Waals surface area contributed by atoms with Crippen molar-refractivity contribution in [1.82, 2.24) is 5.32 Å². The maximum absolute atomic E-state index is 5.39. The third-order valence-electron chi connectivity index (χ3n) is 4.15. The quantitative estimate of drug-likeness (QED) is 0.833. The largest absolute Gasteiger partial charge is 0.493 e. The predicted octanol–water partition coefficient (Wildman–Crippen LogP) is 3.02. The minimum Gasteiger partial charge on any atom is -0.493 e. The highest BCUT2D eigenvalue weighted by Gasteiger charge is 2.32. The van der Waals surface area contributed by atoms with Gasteiger partial charge in [-0.15, -0.1) is 0 Å². The average Bonchev–Trinajstić information content (AvgIpc) is 3.18. The standard InChI is InChI=1S/C16H25NO3/c1-10-6-13(10)9-17-11(2)12-7-14(18-3)16(20-5)15(8-12)19-4/h7-8,10-11,13,17H,6,9H2,1-5H3. The summed E-state index contributed by atoms with van der Waals surface area (Å²) >= 11 is 0. The van der Waals surface area contributed by atoms with Crippen molar-refractivity contribution in [1.29, 1.82) is 0 Å². The van der Waals surface area contributed by atoms with E-state index in [-0.39, 0.29) is 6.04 Å². The van der Waals surface area contributed by atoms with Crippen LogP contribution in [0.1, 0.15) is 31.9 Å². The Kier molecular flexibility index (Phi) is 4.76. The van der Waals surface area contributed by atoms with Crippen molar-refractivity contribution < 1.29 is 14.2 Å². The smallest absolute Gasteiger partial charge is 0.203 e. The summed E-state index contributed by atoms with van der Waals surface area (Å²) in [6.45, 7) is 5.53. The molecule has 112 valence electrons. The Bertz CT molecular complexity index is 436. The zero-order valence-corrected chi connectivity index (χ0v) is 13.0. The van der Waals surface area contributed by atoms with Crippen molar-refractivity contribution in [3.63, 3.8) is 0 Å². The number of methoxy groups -OCH3 is 3. The van der Waals surface area contributed by atoms with E-state index in [2.05, 4.69) is 19.2 Å². The van der Waals surface area contributed by atoms with Crippen LogP contribution in [0.4, 0.5) is 0 Å². The molecule has 0 aliphatic heterocycles. The Morgan fingerprint density at radius 2 is 1.70 bits per heavy atom. The maximum atomic E-state index is 5.39. The molecule has 1 saturated carbocycles. The molecule has 1 aromatic rings. The summed E-state index contributed by atoms with van der Waals surface area (Å²) in [6, 6.07) is 4.28. The molecule has 1 aromatic carbocycles. The highest BCUT2D eigenvalue weighted by molar-refractivity contribution is 5.54. The molecule has 1 N–H and O–H groups in total. The molecule has 3 unspecified atom stereocenters. The molecule has 0 radical (unpaired) electrons. The molecular weight excluding hydrogens is 254 g/mol. The second kappa shape index (κ2) is 6.35. The summed E-state index contributed by atoms with van der Waals surface area (Å²) in [6.07, 6.45) is 1.34. The fourth-order valence-electron chi connectivity index (χ4n) is 2.48. The van der Waals surface area contributed by atoms with Crippen molar-refractivity contribution in [3.05, 3.63) is 17.7 Å². The Labute approximate surface area is 121 Å². The molecule has 4 heteroatoms. The summed E-state index contributed by atoms with van der Waals surface area (Å²) in [5.74, 6) is 3.75. The van der Waals surface area contributed by atoms with Gasteiger partial charge in [-0.1, -0.05) is 6.92 Å². The topological polar surface area (TPSA) is 39.7 Å². The summed E-state index contributed by atoms with van der Waals surface area (Å²) < 4.78 is 16.1. The molecule has 4 nitrogen and oxygen atoms in total. The van der Waals surface area contributed by atoms with Crippen LogP contribution >= 0.6 is 0 Å². The van der Waals surface area contributed by atoms with Gasteiger partial charge in [0.25, 0.3) is 0 Å². The molecule has 0 aromatic heterocycles. The number of hydrogen-bond acceptors (Lipinski definition) is 4. The van der Waals surface area contributed by atoms with Crippen molar-refractivity contribution in [2.24, 2.45) is 11.8 Å². The van der Waals surface area contributed by atoms with E-state index >= 15 is 0 Å². The van der Waals surface area contributed by atoms with Crippen LogP contribution in [0.2, 0.25) is 0 Å². The van der Waals surface area contributed by atoms with Crippen LogP contribution in [0.25, 0.3) is 0 Å². The van der Waals surface area contributed by atoms with Crippen LogP contribution in [0.3, 0.4) is 0 Å². The molecule has 0 spiro atoms. The van der Waals surface area contributed by atoms with Crippen LogP contribution in [-0.2, 0) is 0 Å². The zero-order valence-electron chi connectivity index (χ0n) is 13.0. The van der Waals surface area contributed by atoms with Gasteiger partial charge in [0.1, 0.15) is 0 Å². The van der Waals surface area contributed by atoms with Crippen LogP contribution in [-0.4, -0.2) is 27.9 Å². The lowest BCUT2D eigenvalue weighted by Gasteiger charge is -2.18. The Balaban J connectivity index is 2.13. The van der Waals surface area contributed by atoms with Gasteiger partial charge in [-0.3, -0.25) is 0 Å². The Hall–Kier alpha value is -1.42. The van der Waals surface area contributed by atoms with Gasteiger partial charge in [-0.2, -0.15) is 0 Å². The van der Waals surface area contributed by atoms with Crippen LogP contribution in [0.15, 0.2) is 12.1 Å². The first-order chi connectivity index (χ1) is 9.60. The first-order valence-electron chi connectivity index (χ1n) is 7.14. The number of nitrogens with one attached hydrogen (secondary N) is 1. The van der Waals surface area contributed by atoms with E-state index < -0.39 is 0 Å². The van der Waals surface area contributed by atoms with Crippen LogP contribution < -0.4 is 19.5 Å². The summed E-state index contributed by atoms with van der Waals surface area (Å²) in [5.41, 5.74) is 1.15. The van der Waals surface area contributed by atoms with E-state index in [0.29, 0.717) is 17.2 Å². The van der Waals surface area contributed by atoms with Gasteiger partial charge in [0.05, 0.1) is 21.3 Å². The number of rotatable bonds is 7. The van der Waals surface area contributed by atoms with Gasteiger partial charge in [0, 0.05) is 6.04 Å². The molecule has 0 saturated heterocycles. The lowest BCUT2D eigenvalue weighted by Crippen LogP contribution is -2.21. The minimum absolute atomic E-state index is 0.261. The molecule has 0 heterocycles. The second-order valence-electron chi connectivity index (χ2n) is 5.56. The van der Waals surface area contributed by atoms with E-state index in [1.54, 1.807) is 21.3 Å². The first kappa shape index (κ1) is 15.0. The summed E-state index contributed by atoms with van der Waals surface area (Å²) in [7, 11) is 4.91. The van der Waals surface area contributed by atoms with Gasteiger partial charge >= 0.3 is 0 Å². The molecular formula is C16H25NO3. The van der Waals surface area contributed by atoms with Crippen molar-refractivity contribution in [2.45, 2.75) is 26.3 Å². The lowest BCUT2D eigenvalue weighted by molar-refractivity contribution is 0.323. The fraction of sp³-hybridized carbons (Fsp3) is 0.625. The highest BCUT2D eigenvalue weighted by Crippen LogP contribution is 2.40. The van der Waals surface area contributed by atoms with Crippen molar-refractivity contribution >= 4 is 0 Å². The van der Waals surface area contributed by atoms with Gasteiger partial charge in [-0.25, -0.2) is 0 Å². The van der Waals surface area contributed by atoms with Crippen LogP contribution in [0.5, 0.6) is 17.2 Å². The summed E-state index contributed by atoms with van der Waals surface area (Å²) in [4.78, 5) is 0. The van der Waals surface area contributed by atoms with E-state index in [9.17, 15) is 0 Å². The Morgan fingerprint density at radius 3 is 2.10 bits per heavy atom. The molecule has 1 fully saturated rings. The van der Waals surface area contributed by atoms with E-state index in [4.69, 9.17) is 14.2 Å². The monoisotopic (exact) mass is 279 g/mol. The Morgan fingerprint density at radius 1 is 1.15 bits per heavy atom. The van der Waals surface area contributed by atoms with Gasteiger partial charge < -0.3 is 19.5 Å². The number of benzene rings is 1. The first-order valence-corrected chi connectivity index (χ1v) is 7.14. The SMILES string of the molecule is COc1cc(C(C)NCC2CC2C)cc(OC)c1OC. The third-order valence-corrected chi connectivity index (χ3v) is 4.15. The van der Waals surface area contributed by atoms with E-state index in [1.807, 2.05) is 12.1 Å². The molecule has 3 atom stereocenters. The lowest BCUT2D eigenvalue weighted by atomic mass is 10.1. The van der Waals surface area contributed by atoms with Gasteiger partial charge in [0.15, 0.2) is 11.5 Å². The molecule has 2 rings (SSSR count). The zero-order chi connectivity index (χ0) is 14.7. The number of ether oxygens (including phenoxy) is 3. The predicted molar refractivity (Wildman–Crippen MR) is 79.8 cm³/mol. The summed E-state index contributed by atoms with van der Waals surface area (Å²) in [5, 5.41) is 3.58. The highest BCUT2D eigenvalue weighted by atomic mass is 16.5. The normalized spacial score (nSPS) is 22.2. The third kappa shape index (κ3) is 3.18. The molecule has 0 amide bonds. The van der Waals surface area contributed by atoms with Gasteiger partial charge in [-0.05, 0) is 49.4 Å². The van der Waals surface area contributed by atoms with E-state index in [0.717, 1.165) is 23.9 Å². The van der Waals surface area contributed by atoms with Crippen LogP contribution in [0, 0.1) is 11.8 Å². The number of hydrogen-bond donors (Lipinski definition) is 1.